The summed E-state index contributed by atoms with van der Waals surface area (Å²) in [6.07, 6.45) is 1.29. The minimum absolute atomic E-state index is 0.0952. The Morgan fingerprint density at radius 1 is 1.20 bits per heavy atom. The first-order valence-electron chi connectivity index (χ1n) is 5.94. The molecule has 0 saturated carbocycles. The van der Waals surface area contributed by atoms with E-state index in [0.29, 0.717) is 11.1 Å². The van der Waals surface area contributed by atoms with Gasteiger partial charge in [-0.3, -0.25) is 0 Å². The predicted molar refractivity (Wildman–Crippen MR) is 71.9 cm³/mol. The molecular weight excluding hydrogens is 300 g/mol. The van der Waals surface area contributed by atoms with Crippen molar-refractivity contribution in [2.24, 2.45) is 0 Å². The SMILES string of the molecule is Cc1ccoc1S(=O)(=O)C1CS(=O)(=O)c2ccccc21. The third-order valence-corrected chi connectivity index (χ3v) is 7.55. The van der Waals surface area contributed by atoms with Crippen molar-refractivity contribution in [2.75, 3.05) is 5.75 Å². The van der Waals surface area contributed by atoms with Crippen LogP contribution in [0.3, 0.4) is 0 Å². The first kappa shape index (κ1) is 13.4. The molecule has 0 saturated heterocycles. The van der Waals surface area contributed by atoms with Crippen LogP contribution < -0.4 is 0 Å². The minimum atomic E-state index is -3.86. The maximum absolute atomic E-state index is 12.6. The van der Waals surface area contributed by atoms with Gasteiger partial charge in [-0.2, -0.15) is 0 Å². The van der Waals surface area contributed by atoms with Crippen LogP contribution >= 0.6 is 0 Å². The number of rotatable bonds is 2. The molecule has 0 bridgehead atoms. The summed E-state index contributed by atoms with van der Waals surface area (Å²) >= 11 is 0. The molecule has 1 aliphatic rings. The van der Waals surface area contributed by atoms with Crippen LogP contribution in [0.5, 0.6) is 0 Å². The van der Waals surface area contributed by atoms with Crippen molar-refractivity contribution in [2.45, 2.75) is 22.2 Å². The number of aryl methyl sites for hydroxylation is 1. The van der Waals surface area contributed by atoms with E-state index in [1.807, 2.05) is 0 Å². The number of hydrogen-bond donors (Lipinski definition) is 0. The molecule has 2 aromatic rings. The molecule has 1 aromatic heterocycles. The second-order valence-corrected chi connectivity index (χ2v) is 8.78. The van der Waals surface area contributed by atoms with Crippen LogP contribution in [0, 0.1) is 6.92 Å². The largest absolute Gasteiger partial charge is 0.453 e. The topological polar surface area (TPSA) is 81.4 Å². The molecule has 1 atom stereocenters. The van der Waals surface area contributed by atoms with Gasteiger partial charge in [-0.1, -0.05) is 18.2 Å². The van der Waals surface area contributed by atoms with Crippen LogP contribution in [0.15, 0.2) is 51.0 Å². The van der Waals surface area contributed by atoms with Crippen LogP contribution in [-0.4, -0.2) is 22.6 Å². The van der Waals surface area contributed by atoms with Gasteiger partial charge in [-0.05, 0) is 24.6 Å². The van der Waals surface area contributed by atoms with E-state index in [4.69, 9.17) is 4.42 Å². The van der Waals surface area contributed by atoms with Gasteiger partial charge >= 0.3 is 0 Å². The van der Waals surface area contributed by atoms with Gasteiger partial charge in [0.05, 0.1) is 16.9 Å². The monoisotopic (exact) mass is 312 g/mol. The second kappa shape index (κ2) is 4.20. The Hall–Kier alpha value is -1.60. The maximum atomic E-state index is 12.6. The number of furan rings is 1. The molecule has 0 radical (unpaired) electrons. The quantitative estimate of drug-likeness (QED) is 0.846. The van der Waals surface area contributed by atoms with Crippen LogP contribution in [0.2, 0.25) is 0 Å². The van der Waals surface area contributed by atoms with Gasteiger partial charge in [-0.25, -0.2) is 16.8 Å². The highest BCUT2D eigenvalue weighted by molar-refractivity contribution is 7.96. The van der Waals surface area contributed by atoms with Gasteiger partial charge in [0.1, 0.15) is 5.25 Å². The summed E-state index contributed by atoms with van der Waals surface area (Å²) in [5.41, 5.74) is 0.801. The summed E-state index contributed by atoms with van der Waals surface area (Å²) in [5.74, 6) is -0.436. The Bertz CT molecular complexity index is 875. The lowest BCUT2D eigenvalue weighted by atomic mass is 10.2. The van der Waals surface area contributed by atoms with Crippen molar-refractivity contribution < 1.29 is 21.3 Å². The average molecular weight is 312 g/mol. The van der Waals surface area contributed by atoms with Gasteiger partial charge in [0, 0.05) is 5.56 Å². The van der Waals surface area contributed by atoms with Crippen molar-refractivity contribution >= 4 is 19.7 Å². The molecule has 1 unspecified atom stereocenters. The van der Waals surface area contributed by atoms with Crippen molar-refractivity contribution in [1.29, 1.82) is 0 Å². The van der Waals surface area contributed by atoms with Gasteiger partial charge in [0.2, 0.25) is 14.9 Å². The summed E-state index contributed by atoms with van der Waals surface area (Å²) in [6.45, 7) is 1.62. The molecule has 0 fully saturated rings. The zero-order valence-electron chi connectivity index (χ0n) is 10.6. The molecule has 0 aliphatic carbocycles. The molecule has 20 heavy (non-hydrogen) atoms. The van der Waals surface area contributed by atoms with E-state index in [1.54, 1.807) is 31.2 Å². The standard InChI is InChI=1S/C13H12O5S2/c1-9-6-7-18-13(9)20(16,17)12-8-19(14,15)11-5-3-2-4-10(11)12/h2-7,12H,8H2,1H3. The highest BCUT2D eigenvalue weighted by Crippen LogP contribution is 2.41. The Balaban J connectivity index is 2.22. The zero-order chi connectivity index (χ0) is 14.5. The lowest BCUT2D eigenvalue weighted by molar-refractivity contribution is 0.443. The molecule has 1 aliphatic heterocycles. The van der Waals surface area contributed by atoms with E-state index >= 15 is 0 Å². The fourth-order valence-corrected chi connectivity index (χ4v) is 6.89. The van der Waals surface area contributed by atoms with E-state index < -0.39 is 30.7 Å². The lowest BCUT2D eigenvalue weighted by Crippen LogP contribution is -2.16. The molecule has 3 rings (SSSR count). The first-order valence-corrected chi connectivity index (χ1v) is 9.13. The molecule has 0 spiro atoms. The molecule has 1 aromatic carbocycles. The fraction of sp³-hybridized carbons (Fsp3) is 0.231. The minimum Gasteiger partial charge on any atom is -0.453 e. The van der Waals surface area contributed by atoms with Crippen molar-refractivity contribution in [1.82, 2.24) is 0 Å². The van der Waals surface area contributed by atoms with E-state index in [1.165, 1.54) is 12.3 Å². The van der Waals surface area contributed by atoms with Crippen molar-refractivity contribution in [3.05, 3.63) is 47.7 Å². The summed E-state index contributed by atoms with van der Waals surface area (Å²) in [5, 5.41) is -1.26. The molecule has 0 N–H and O–H groups in total. The summed E-state index contributed by atoms with van der Waals surface area (Å²) in [4.78, 5) is 0.0952. The molecule has 7 heteroatoms. The number of hydrogen-bond acceptors (Lipinski definition) is 5. The lowest BCUT2D eigenvalue weighted by Gasteiger charge is -2.10. The highest BCUT2D eigenvalue weighted by atomic mass is 32.2. The highest BCUT2D eigenvalue weighted by Gasteiger charge is 2.44. The number of benzene rings is 1. The first-order chi connectivity index (χ1) is 9.34. The molecule has 0 amide bonds. The van der Waals surface area contributed by atoms with Crippen molar-refractivity contribution in [3.63, 3.8) is 0 Å². The van der Waals surface area contributed by atoms with Gasteiger partial charge in [-0.15, -0.1) is 0 Å². The second-order valence-electron chi connectivity index (χ2n) is 4.74. The Morgan fingerprint density at radius 3 is 2.55 bits per heavy atom. The number of fused-ring (bicyclic) bond motifs is 1. The Morgan fingerprint density at radius 2 is 1.90 bits per heavy atom. The summed E-state index contributed by atoms with van der Waals surface area (Å²) < 4.78 is 54.4. The Labute approximate surface area is 117 Å². The van der Waals surface area contributed by atoms with E-state index in [-0.39, 0.29) is 9.99 Å². The van der Waals surface area contributed by atoms with Crippen LogP contribution in [0.4, 0.5) is 0 Å². The summed E-state index contributed by atoms with van der Waals surface area (Å²) in [6, 6.07) is 7.75. The van der Waals surface area contributed by atoms with Gasteiger partial charge in [0.25, 0.3) is 0 Å². The molecule has 5 nitrogen and oxygen atoms in total. The third-order valence-electron chi connectivity index (χ3n) is 3.42. The van der Waals surface area contributed by atoms with Crippen molar-refractivity contribution in [3.8, 4) is 0 Å². The van der Waals surface area contributed by atoms with E-state index in [2.05, 4.69) is 0 Å². The van der Waals surface area contributed by atoms with Crippen LogP contribution in [-0.2, 0) is 19.7 Å². The third kappa shape index (κ3) is 1.81. The smallest absolute Gasteiger partial charge is 0.221 e. The molecular formula is C13H12O5S2. The zero-order valence-corrected chi connectivity index (χ0v) is 12.2. The van der Waals surface area contributed by atoms with E-state index in [9.17, 15) is 16.8 Å². The van der Waals surface area contributed by atoms with Gasteiger partial charge in [0.15, 0.2) is 9.84 Å². The normalized spacial score (nSPS) is 20.8. The maximum Gasteiger partial charge on any atom is 0.221 e. The predicted octanol–water partition coefficient (Wildman–Crippen LogP) is 1.89. The number of sulfone groups is 2. The van der Waals surface area contributed by atoms with Crippen LogP contribution in [0.25, 0.3) is 0 Å². The molecule has 2 heterocycles. The van der Waals surface area contributed by atoms with E-state index in [0.717, 1.165) is 0 Å². The van der Waals surface area contributed by atoms with Crippen LogP contribution in [0.1, 0.15) is 16.4 Å². The summed E-state index contributed by atoms with van der Waals surface area (Å²) in [7, 11) is -7.42. The Kier molecular flexibility index (Phi) is 2.81. The fourth-order valence-electron chi connectivity index (χ4n) is 2.44. The molecule has 106 valence electrons. The van der Waals surface area contributed by atoms with Gasteiger partial charge < -0.3 is 4.42 Å². The average Bonchev–Trinajstić information content (AvgIpc) is 2.93.